The van der Waals surface area contributed by atoms with E-state index in [9.17, 15) is 13.2 Å². The topological polar surface area (TPSA) is 21.7 Å². The van der Waals surface area contributed by atoms with Crippen molar-refractivity contribution in [3.8, 4) is 5.75 Å². The van der Waals surface area contributed by atoms with Gasteiger partial charge in [-0.25, -0.2) is 0 Å². The first-order valence-electron chi connectivity index (χ1n) is 8.71. The van der Waals surface area contributed by atoms with E-state index in [1.165, 1.54) is 12.1 Å². The minimum atomic E-state index is -4.34. The summed E-state index contributed by atoms with van der Waals surface area (Å²) in [7, 11) is 0. The van der Waals surface area contributed by atoms with Gasteiger partial charge >= 0.3 is 6.18 Å². The van der Waals surface area contributed by atoms with Crippen molar-refractivity contribution in [1.29, 1.82) is 0 Å². The molecule has 0 N–H and O–H groups in total. The van der Waals surface area contributed by atoms with Crippen LogP contribution >= 0.6 is 0 Å². The Morgan fingerprint density at radius 1 is 0.962 bits per heavy atom. The van der Waals surface area contributed by atoms with E-state index in [-0.39, 0.29) is 6.10 Å². The molecule has 0 aliphatic carbocycles. The van der Waals surface area contributed by atoms with Crippen LogP contribution in [0.2, 0.25) is 0 Å². The molecule has 1 aliphatic heterocycles. The number of halogens is 3. The number of benzene rings is 2. The molecule has 2 aromatic rings. The van der Waals surface area contributed by atoms with Crippen LogP contribution in [-0.4, -0.2) is 37.7 Å². The maximum atomic E-state index is 12.7. The first-order valence-corrected chi connectivity index (χ1v) is 8.71. The Balaban J connectivity index is 1.69. The van der Waals surface area contributed by atoms with Gasteiger partial charge in [0.1, 0.15) is 11.9 Å². The van der Waals surface area contributed by atoms with Gasteiger partial charge in [-0.05, 0) is 29.8 Å². The number of rotatable bonds is 6. The Morgan fingerprint density at radius 2 is 1.62 bits per heavy atom. The molecule has 3 nitrogen and oxygen atoms in total. The highest BCUT2D eigenvalue weighted by atomic mass is 19.4. The van der Waals surface area contributed by atoms with E-state index >= 15 is 0 Å². The maximum Gasteiger partial charge on any atom is 0.416 e. The first kappa shape index (κ1) is 18.7. The Kier molecular flexibility index (Phi) is 6.16. The quantitative estimate of drug-likeness (QED) is 0.750. The lowest BCUT2D eigenvalue weighted by molar-refractivity contribution is -0.137. The molecule has 1 fully saturated rings. The minimum Gasteiger partial charge on any atom is -0.486 e. The monoisotopic (exact) mass is 365 g/mol. The average Bonchev–Trinajstić information content (AvgIpc) is 2.66. The van der Waals surface area contributed by atoms with Gasteiger partial charge in [-0.3, -0.25) is 4.90 Å². The summed E-state index contributed by atoms with van der Waals surface area (Å²) in [5.41, 5.74) is 0.343. The summed E-state index contributed by atoms with van der Waals surface area (Å²) in [6.07, 6.45) is -3.80. The van der Waals surface area contributed by atoms with Crippen molar-refractivity contribution in [2.45, 2.75) is 18.7 Å². The molecule has 2 aromatic carbocycles. The van der Waals surface area contributed by atoms with Gasteiger partial charge in [0.2, 0.25) is 0 Å². The number of hydrogen-bond acceptors (Lipinski definition) is 3. The molecule has 0 bridgehead atoms. The Morgan fingerprint density at radius 3 is 2.23 bits per heavy atom. The van der Waals surface area contributed by atoms with E-state index in [1.54, 1.807) is 0 Å². The third kappa shape index (κ3) is 5.22. The van der Waals surface area contributed by atoms with Gasteiger partial charge in [0, 0.05) is 26.1 Å². The smallest absolute Gasteiger partial charge is 0.416 e. The standard InChI is InChI=1S/C20H22F3NO2/c21-20(22,23)17-6-8-18(9-7-17)26-19(16-4-2-1-3-5-16)10-11-24-12-14-25-15-13-24/h1-9,19H,10-15H2/t19-/m1/s1. The number of nitrogens with zero attached hydrogens (tertiary/aromatic N) is 1. The second-order valence-corrected chi connectivity index (χ2v) is 6.28. The molecule has 0 saturated carbocycles. The molecule has 3 rings (SSSR count). The summed E-state index contributed by atoms with van der Waals surface area (Å²) in [6, 6.07) is 14.6. The van der Waals surface area contributed by atoms with Crippen molar-refractivity contribution < 1.29 is 22.6 Å². The van der Waals surface area contributed by atoms with Gasteiger partial charge in [0.15, 0.2) is 0 Å². The SMILES string of the molecule is FC(F)(F)c1ccc(O[C@H](CCN2CCOCC2)c2ccccc2)cc1. The van der Waals surface area contributed by atoms with Gasteiger partial charge in [0.25, 0.3) is 0 Å². The van der Waals surface area contributed by atoms with Crippen LogP contribution in [0.15, 0.2) is 54.6 Å². The van der Waals surface area contributed by atoms with E-state index in [4.69, 9.17) is 9.47 Å². The predicted molar refractivity (Wildman–Crippen MR) is 93.1 cm³/mol. The molecule has 0 spiro atoms. The summed E-state index contributed by atoms with van der Waals surface area (Å²) < 4.78 is 49.5. The lowest BCUT2D eigenvalue weighted by Gasteiger charge is -2.28. The molecule has 0 amide bonds. The lowest BCUT2D eigenvalue weighted by atomic mass is 10.1. The number of ether oxygens (including phenoxy) is 2. The van der Waals surface area contributed by atoms with E-state index in [2.05, 4.69) is 4.90 Å². The van der Waals surface area contributed by atoms with Gasteiger partial charge < -0.3 is 9.47 Å². The summed E-state index contributed by atoms with van der Waals surface area (Å²) >= 11 is 0. The molecule has 1 aliphatic rings. The normalized spacial score (nSPS) is 17.0. The lowest BCUT2D eigenvalue weighted by Crippen LogP contribution is -2.37. The fourth-order valence-electron chi connectivity index (χ4n) is 2.97. The van der Waals surface area contributed by atoms with Crippen molar-refractivity contribution in [3.05, 3.63) is 65.7 Å². The zero-order valence-corrected chi connectivity index (χ0v) is 14.4. The summed E-state index contributed by atoms with van der Waals surface area (Å²) in [5, 5.41) is 0. The predicted octanol–water partition coefficient (Wildman–Crippen LogP) is 4.55. The van der Waals surface area contributed by atoms with Crippen LogP contribution in [0.4, 0.5) is 13.2 Å². The zero-order valence-electron chi connectivity index (χ0n) is 14.4. The maximum absolute atomic E-state index is 12.7. The van der Waals surface area contributed by atoms with Gasteiger partial charge in [-0.2, -0.15) is 13.2 Å². The molecule has 140 valence electrons. The molecule has 1 saturated heterocycles. The highest BCUT2D eigenvalue weighted by Crippen LogP contribution is 2.32. The highest BCUT2D eigenvalue weighted by Gasteiger charge is 2.30. The van der Waals surface area contributed by atoms with E-state index in [1.807, 2.05) is 30.3 Å². The van der Waals surface area contributed by atoms with Crippen LogP contribution in [0, 0.1) is 0 Å². The van der Waals surface area contributed by atoms with Crippen LogP contribution in [0.25, 0.3) is 0 Å². The van der Waals surface area contributed by atoms with Crippen LogP contribution in [-0.2, 0) is 10.9 Å². The first-order chi connectivity index (χ1) is 12.5. The van der Waals surface area contributed by atoms with Crippen molar-refractivity contribution in [1.82, 2.24) is 4.90 Å². The van der Waals surface area contributed by atoms with Crippen molar-refractivity contribution in [2.75, 3.05) is 32.8 Å². The summed E-state index contributed by atoms with van der Waals surface area (Å²) in [6.45, 7) is 4.10. The second kappa shape index (κ2) is 8.56. The molecule has 6 heteroatoms. The average molecular weight is 365 g/mol. The molecule has 26 heavy (non-hydrogen) atoms. The summed E-state index contributed by atoms with van der Waals surface area (Å²) in [5.74, 6) is 0.439. The molecule has 0 radical (unpaired) electrons. The third-order valence-corrected chi connectivity index (χ3v) is 4.44. The molecule has 1 atom stereocenters. The fraction of sp³-hybridized carbons (Fsp3) is 0.400. The van der Waals surface area contributed by atoms with Crippen LogP contribution in [0.3, 0.4) is 0 Å². The van der Waals surface area contributed by atoms with E-state index in [0.29, 0.717) is 5.75 Å². The number of hydrogen-bond donors (Lipinski definition) is 0. The molecule has 0 unspecified atom stereocenters. The van der Waals surface area contributed by atoms with Gasteiger partial charge in [-0.1, -0.05) is 30.3 Å². The van der Waals surface area contributed by atoms with Crippen LogP contribution in [0.5, 0.6) is 5.75 Å². The molecular weight excluding hydrogens is 343 g/mol. The van der Waals surface area contributed by atoms with E-state index < -0.39 is 11.7 Å². The van der Waals surface area contributed by atoms with Crippen LogP contribution in [0.1, 0.15) is 23.7 Å². The largest absolute Gasteiger partial charge is 0.486 e. The third-order valence-electron chi connectivity index (χ3n) is 4.44. The molecular formula is C20H22F3NO2. The Bertz CT molecular complexity index is 668. The van der Waals surface area contributed by atoms with Crippen LogP contribution < -0.4 is 4.74 Å². The van der Waals surface area contributed by atoms with Gasteiger partial charge in [0.05, 0.1) is 18.8 Å². The van der Waals surface area contributed by atoms with Crippen molar-refractivity contribution in [3.63, 3.8) is 0 Å². The highest BCUT2D eigenvalue weighted by molar-refractivity contribution is 5.30. The fourth-order valence-corrected chi connectivity index (χ4v) is 2.97. The number of alkyl halides is 3. The van der Waals surface area contributed by atoms with Crippen molar-refractivity contribution in [2.24, 2.45) is 0 Å². The Hall–Kier alpha value is -2.05. The minimum absolute atomic E-state index is 0.212. The summed E-state index contributed by atoms with van der Waals surface area (Å²) in [4.78, 5) is 2.32. The molecule has 1 heterocycles. The number of morpholine rings is 1. The zero-order chi connectivity index (χ0) is 18.4. The van der Waals surface area contributed by atoms with E-state index in [0.717, 1.165) is 57.0 Å². The van der Waals surface area contributed by atoms with Crippen molar-refractivity contribution >= 4 is 0 Å². The molecule has 0 aromatic heterocycles. The Labute approximate surface area is 151 Å². The van der Waals surface area contributed by atoms with Gasteiger partial charge in [-0.15, -0.1) is 0 Å². The second-order valence-electron chi connectivity index (χ2n) is 6.28.